The van der Waals surface area contributed by atoms with Gasteiger partial charge in [0.1, 0.15) is 11.8 Å². The van der Waals surface area contributed by atoms with E-state index in [0.717, 1.165) is 18.4 Å². The Morgan fingerprint density at radius 3 is 2.35 bits per heavy atom. The van der Waals surface area contributed by atoms with Crippen LogP contribution in [-0.4, -0.2) is 22.1 Å². The summed E-state index contributed by atoms with van der Waals surface area (Å²) < 4.78 is 0. The van der Waals surface area contributed by atoms with Crippen molar-refractivity contribution in [3.05, 3.63) is 35.9 Å². The van der Waals surface area contributed by atoms with Crippen LogP contribution in [0.3, 0.4) is 0 Å². The summed E-state index contributed by atoms with van der Waals surface area (Å²) >= 11 is 0. The lowest BCUT2D eigenvalue weighted by Gasteiger charge is -2.20. The highest BCUT2D eigenvalue weighted by Crippen LogP contribution is 2.18. The lowest BCUT2D eigenvalue weighted by Crippen LogP contribution is -2.28. The zero-order chi connectivity index (χ0) is 14.8. The lowest BCUT2D eigenvalue weighted by molar-refractivity contribution is 0.167. The lowest BCUT2D eigenvalue weighted by atomic mass is 9.91. The Labute approximate surface area is 122 Å². The number of hydrogen-bond acceptors (Lipinski definition) is 3. The third kappa shape index (κ3) is 5.33. The standard InChI is InChI=1S/C17H27NO2/c1-3-4-5-6-8-11-14(2)17(19)16(18-20)15-12-9-7-10-13-15/h7,9-10,12-14,17,19-20H,3-6,8,11H2,1-2H3. The van der Waals surface area contributed by atoms with Crippen molar-refractivity contribution in [2.45, 2.75) is 58.5 Å². The van der Waals surface area contributed by atoms with Crippen molar-refractivity contribution in [1.29, 1.82) is 0 Å². The van der Waals surface area contributed by atoms with E-state index in [4.69, 9.17) is 5.21 Å². The maximum atomic E-state index is 10.3. The molecule has 0 fully saturated rings. The molecule has 0 saturated carbocycles. The number of nitrogens with zero attached hydrogens (tertiary/aromatic N) is 1. The number of benzene rings is 1. The molecule has 2 unspecified atom stereocenters. The molecule has 1 aromatic carbocycles. The molecule has 112 valence electrons. The molecule has 0 saturated heterocycles. The third-order valence-corrected chi connectivity index (χ3v) is 3.76. The van der Waals surface area contributed by atoms with Crippen LogP contribution in [0.1, 0.15) is 57.9 Å². The maximum Gasteiger partial charge on any atom is 0.115 e. The Morgan fingerprint density at radius 2 is 1.75 bits per heavy atom. The van der Waals surface area contributed by atoms with Crippen LogP contribution in [0.15, 0.2) is 35.5 Å². The van der Waals surface area contributed by atoms with Gasteiger partial charge in [0.15, 0.2) is 0 Å². The predicted molar refractivity (Wildman–Crippen MR) is 83.3 cm³/mol. The van der Waals surface area contributed by atoms with E-state index in [1.54, 1.807) is 0 Å². The molecule has 1 rings (SSSR count). The average Bonchev–Trinajstić information content (AvgIpc) is 2.48. The summed E-state index contributed by atoms with van der Waals surface area (Å²) in [5.74, 6) is 0.0998. The zero-order valence-corrected chi connectivity index (χ0v) is 12.6. The molecule has 2 atom stereocenters. The van der Waals surface area contributed by atoms with E-state index < -0.39 is 6.10 Å². The maximum absolute atomic E-state index is 10.3. The van der Waals surface area contributed by atoms with Crippen molar-refractivity contribution in [2.75, 3.05) is 0 Å². The van der Waals surface area contributed by atoms with Gasteiger partial charge in [-0.05, 0) is 12.3 Å². The average molecular weight is 277 g/mol. The molecule has 0 amide bonds. The van der Waals surface area contributed by atoms with Crippen LogP contribution < -0.4 is 0 Å². The predicted octanol–water partition coefficient (Wildman–Crippen LogP) is 4.22. The van der Waals surface area contributed by atoms with Crippen LogP contribution in [-0.2, 0) is 0 Å². The Balaban J connectivity index is 2.48. The minimum Gasteiger partial charge on any atom is -0.411 e. The molecule has 0 aromatic heterocycles. The molecule has 1 aromatic rings. The summed E-state index contributed by atoms with van der Waals surface area (Å²) in [6.45, 7) is 4.22. The van der Waals surface area contributed by atoms with Gasteiger partial charge < -0.3 is 10.3 Å². The summed E-state index contributed by atoms with van der Waals surface area (Å²) in [6.07, 6.45) is 6.36. The topological polar surface area (TPSA) is 52.8 Å². The van der Waals surface area contributed by atoms with E-state index in [-0.39, 0.29) is 5.92 Å². The summed E-state index contributed by atoms with van der Waals surface area (Å²) in [4.78, 5) is 0. The van der Waals surface area contributed by atoms with Crippen molar-refractivity contribution < 1.29 is 10.3 Å². The molecular formula is C17H27NO2. The highest BCUT2D eigenvalue weighted by Gasteiger charge is 2.21. The van der Waals surface area contributed by atoms with Gasteiger partial charge in [-0.2, -0.15) is 0 Å². The van der Waals surface area contributed by atoms with Crippen molar-refractivity contribution in [3.63, 3.8) is 0 Å². The van der Waals surface area contributed by atoms with Crippen molar-refractivity contribution >= 4 is 5.71 Å². The van der Waals surface area contributed by atoms with Crippen molar-refractivity contribution in [2.24, 2.45) is 11.1 Å². The van der Waals surface area contributed by atoms with Gasteiger partial charge in [-0.15, -0.1) is 0 Å². The first kappa shape index (κ1) is 16.7. The Morgan fingerprint density at radius 1 is 1.10 bits per heavy atom. The Hall–Kier alpha value is -1.35. The first-order chi connectivity index (χ1) is 9.70. The molecule has 0 aliphatic carbocycles. The van der Waals surface area contributed by atoms with Crippen molar-refractivity contribution in [3.8, 4) is 0 Å². The second kappa shape index (κ2) is 9.54. The first-order valence-corrected chi connectivity index (χ1v) is 7.66. The van der Waals surface area contributed by atoms with Gasteiger partial charge in [0, 0.05) is 5.56 Å². The summed E-state index contributed by atoms with van der Waals surface area (Å²) in [5.41, 5.74) is 1.15. The second-order valence-corrected chi connectivity index (χ2v) is 5.48. The van der Waals surface area contributed by atoms with Crippen LogP contribution in [0, 0.1) is 5.92 Å². The number of oxime groups is 1. The fraction of sp³-hybridized carbons (Fsp3) is 0.588. The molecule has 2 N–H and O–H groups in total. The SMILES string of the molecule is CCCCCCCC(C)C(O)C(=NO)c1ccccc1. The van der Waals surface area contributed by atoms with Crippen LogP contribution in [0.4, 0.5) is 0 Å². The Kier molecular flexibility index (Phi) is 7.97. The van der Waals surface area contributed by atoms with E-state index in [9.17, 15) is 5.11 Å². The minimum absolute atomic E-state index is 0.0998. The highest BCUT2D eigenvalue weighted by molar-refractivity contribution is 6.03. The minimum atomic E-state index is -0.714. The van der Waals surface area contributed by atoms with Gasteiger partial charge in [0.2, 0.25) is 0 Å². The summed E-state index contributed by atoms with van der Waals surface area (Å²) in [5, 5.41) is 22.8. The zero-order valence-electron chi connectivity index (χ0n) is 12.6. The molecule has 3 nitrogen and oxygen atoms in total. The van der Waals surface area contributed by atoms with Crippen LogP contribution in [0.5, 0.6) is 0 Å². The molecule has 3 heteroatoms. The molecule has 0 radical (unpaired) electrons. The largest absolute Gasteiger partial charge is 0.411 e. The number of rotatable bonds is 9. The molecular weight excluding hydrogens is 250 g/mol. The van der Waals surface area contributed by atoms with E-state index in [2.05, 4.69) is 12.1 Å². The highest BCUT2D eigenvalue weighted by atomic mass is 16.4. The molecule has 0 spiro atoms. The number of hydrogen-bond donors (Lipinski definition) is 2. The summed E-state index contributed by atoms with van der Waals surface area (Å²) in [7, 11) is 0. The van der Waals surface area contributed by atoms with Gasteiger partial charge in [0.05, 0.1) is 0 Å². The molecule has 20 heavy (non-hydrogen) atoms. The molecule has 0 heterocycles. The third-order valence-electron chi connectivity index (χ3n) is 3.76. The van der Waals surface area contributed by atoms with E-state index in [1.165, 1.54) is 25.7 Å². The van der Waals surface area contributed by atoms with Crippen LogP contribution in [0.25, 0.3) is 0 Å². The van der Waals surface area contributed by atoms with E-state index >= 15 is 0 Å². The van der Waals surface area contributed by atoms with Crippen LogP contribution in [0.2, 0.25) is 0 Å². The van der Waals surface area contributed by atoms with Crippen molar-refractivity contribution in [1.82, 2.24) is 0 Å². The van der Waals surface area contributed by atoms with Gasteiger partial charge >= 0.3 is 0 Å². The second-order valence-electron chi connectivity index (χ2n) is 5.48. The normalized spacial score (nSPS) is 15.1. The summed E-state index contributed by atoms with van der Waals surface area (Å²) in [6, 6.07) is 9.37. The quantitative estimate of drug-likeness (QED) is 0.307. The first-order valence-electron chi connectivity index (χ1n) is 7.66. The number of aliphatic hydroxyl groups is 1. The van der Waals surface area contributed by atoms with E-state index in [1.807, 2.05) is 37.3 Å². The fourth-order valence-electron chi connectivity index (χ4n) is 2.39. The molecule has 0 bridgehead atoms. The van der Waals surface area contributed by atoms with Gasteiger partial charge in [-0.3, -0.25) is 0 Å². The number of aliphatic hydroxyl groups excluding tert-OH is 1. The van der Waals surface area contributed by atoms with Gasteiger partial charge in [-0.1, -0.05) is 81.4 Å². The fourth-order valence-corrected chi connectivity index (χ4v) is 2.39. The Bertz CT molecular complexity index is 389. The number of unbranched alkanes of at least 4 members (excludes halogenated alkanes) is 4. The van der Waals surface area contributed by atoms with Gasteiger partial charge in [-0.25, -0.2) is 0 Å². The molecule has 0 aliphatic heterocycles. The van der Waals surface area contributed by atoms with E-state index in [0.29, 0.717) is 5.71 Å². The van der Waals surface area contributed by atoms with Crippen LogP contribution >= 0.6 is 0 Å². The monoisotopic (exact) mass is 277 g/mol. The van der Waals surface area contributed by atoms with Gasteiger partial charge in [0.25, 0.3) is 0 Å². The molecule has 0 aliphatic rings. The smallest absolute Gasteiger partial charge is 0.115 e.